The summed E-state index contributed by atoms with van der Waals surface area (Å²) in [6.07, 6.45) is 4.25. The van der Waals surface area contributed by atoms with E-state index in [4.69, 9.17) is 10.5 Å². The molecule has 6 nitrogen and oxygen atoms in total. The number of nitrogens with one attached hydrogen (secondary N) is 2. The summed E-state index contributed by atoms with van der Waals surface area (Å²) in [7, 11) is 1.56. The number of rotatable bonds is 6. The van der Waals surface area contributed by atoms with E-state index >= 15 is 0 Å². The molecule has 1 saturated carbocycles. The molecule has 3 rings (SSSR count). The number of nitrogens with two attached hydrogens (primary N) is 1. The fourth-order valence-electron chi connectivity index (χ4n) is 3.26. The van der Waals surface area contributed by atoms with Gasteiger partial charge in [0.15, 0.2) is 0 Å². The van der Waals surface area contributed by atoms with E-state index in [1.54, 1.807) is 37.4 Å². The van der Waals surface area contributed by atoms with Gasteiger partial charge in [-0.1, -0.05) is 25.0 Å². The quantitative estimate of drug-likeness (QED) is 0.683. The van der Waals surface area contributed by atoms with Crippen molar-refractivity contribution in [3.63, 3.8) is 0 Å². The molecule has 142 valence electrons. The molecule has 2 amide bonds. The van der Waals surface area contributed by atoms with Crippen LogP contribution in [-0.2, 0) is 11.3 Å². The summed E-state index contributed by atoms with van der Waals surface area (Å²) in [6.45, 7) is 0.472. The van der Waals surface area contributed by atoms with Gasteiger partial charge in [-0.3, -0.25) is 9.59 Å². The van der Waals surface area contributed by atoms with Crippen molar-refractivity contribution >= 4 is 23.2 Å². The van der Waals surface area contributed by atoms with E-state index in [1.807, 2.05) is 12.1 Å². The Morgan fingerprint density at radius 1 is 1.11 bits per heavy atom. The van der Waals surface area contributed by atoms with E-state index in [0.29, 0.717) is 29.2 Å². The first-order valence-electron chi connectivity index (χ1n) is 9.18. The van der Waals surface area contributed by atoms with Gasteiger partial charge in [-0.15, -0.1) is 0 Å². The molecule has 1 fully saturated rings. The Kier molecular flexibility index (Phi) is 5.96. The molecule has 0 saturated heterocycles. The second-order valence-electron chi connectivity index (χ2n) is 6.80. The molecule has 27 heavy (non-hydrogen) atoms. The van der Waals surface area contributed by atoms with Crippen LogP contribution < -0.4 is 21.1 Å². The molecule has 0 heterocycles. The summed E-state index contributed by atoms with van der Waals surface area (Å²) < 4.78 is 5.15. The predicted molar refractivity (Wildman–Crippen MR) is 106 cm³/mol. The molecular formula is C21H25N3O3. The van der Waals surface area contributed by atoms with Crippen LogP contribution in [0.4, 0.5) is 11.4 Å². The average Bonchev–Trinajstić information content (AvgIpc) is 3.23. The van der Waals surface area contributed by atoms with Crippen LogP contribution in [0.15, 0.2) is 42.5 Å². The molecule has 0 atom stereocenters. The van der Waals surface area contributed by atoms with E-state index in [-0.39, 0.29) is 17.7 Å². The standard InChI is InChI=1S/C21H25N3O3/c1-27-17-10-11-18(22)19(12-17)24-21(26)16-8-6-14(7-9-16)13-23-20(25)15-4-2-3-5-15/h6-12,15H,2-5,13,22H2,1H3,(H,23,25)(H,24,26). The van der Waals surface area contributed by atoms with Crippen LogP contribution in [0.3, 0.4) is 0 Å². The fourth-order valence-corrected chi connectivity index (χ4v) is 3.26. The third-order valence-corrected chi connectivity index (χ3v) is 4.92. The van der Waals surface area contributed by atoms with Crippen LogP contribution in [0.25, 0.3) is 0 Å². The Bertz CT molecular complexity index is 812. The van der Waals surface area contributed by atoms with Gasteiger partial charge in [0.1, 0.15) is 5.75 Å². The number of nitrogen functional groups attached to an aromatic ring is 1. The molecule has 0 aliphatic heterocycles. The van der Waals surface area contributed by atoms with Crippen LogP contribution in [0, 0.1) is 5.92 Å². The van der Waals surface area contributed by atoms with Crippen molar-refractivity contribution in [2.45, 2.75) is 32.2 Å². The van der Waals surface area contributed by atoms with Crippen LogP contribution >= 0.6 is 0 Å². The first-order valence-corrected chi connectivity index (χ1v) is 9.18. The number of carbonyl (C=O) groups is 2. The Hall–Kier alpha value is -3.02. The minimum atomic E-state index is -0.253. The number of amides is 2. The van der Waals surface area contributed by atoms with Gasteiger partial charge >= 0.3 is 0 Å². The van der Waals surface area contributed by atoms with Gasteiger partial charge in [0.2, 0.25) is 5.91 Å². The Balaban J connectivity index is 1.58. The lowest BCUT2D eigenvalue weighted by Gasteiger charge is -2.12. The summed E-state index contributed by atoms with van der Waals surface area (Å²) in [5.41, 5.74) is 8.35. The lowest BCUT2D eigenvalue weighted by Crippen LogP contribution is -2.28. The highest BCUT2D eigenvalue weighted by Crippen LogP contribution is 2.25. The van der Waals surface area contributed by atoms with E-state index in [1.165, 1.54) is 0 Å². The predicted octanol–water partition coefficient (Wildman–Crippen LogP) is 3.34. The third-order valence-electron chi connectivity index (χ3n) is 4.92. The lowest BCUT2D eigenvalue weighted by atomic mass is 10.1. The van der Waals surface area contributed by atoms with E-state index in [9.17, 15) is 9.59 Å². The zero-order valence-electron chi connectivity index (χ0n) is 15.5. The molecule has 1 aliphatic carbocycles. The average molecular weight is 367 g/mol. The zero-order chi connectivity index (χ0) is 19.2. The second kappa shape index (κ2) is 8.58. The summed E-state index contributed by atoms with van der Waals surface area (Å²) in [5, 5.41) is 5.77. The molecule has 0 radical (unpaired) electrons. The number of ether oxygens (including phenoxy) is 1. The number of hydrogen-bond donors (Lipinski definition) is 3. The zero-order valence-corrected chi connectivity index (χ0v) is 15.5. The summed E-state index contributed by atoms with van der Waals surface area (Å²) in [5.74, 6) is 0.649. The first-order chi connectivity index (χ1) is 13.1. The van der Waals surface area contributed by atoms with Crippen molar-refractivity contribution in [2.75, 3.05) is 18.2 Å². The Labute approximate surface area is 159 Å². The number of methoxy groups -OCH3 is 1. The van der Waals surface area contributed by atoms with Crippen molar-refractivity contribution in [1.29, 1.82) is 0 Å². The highest BCUT2D eigenvalue weighted by molar-refractivity contribution is 6.05. The third kappa shape index (κ3) is 4.78. The van der Waals surface area contributed by atoms with Gasteiger partial charge < -0.3 is 21.1 Å². The molecular weight excluding hydrogens is 342 g/mol. The maximum Gasteiger partial charge on any atom is 0.255 e. The minimum Gasteiger partial charge on any atom is -0.497 e. The van der Waals surface area contributed by atoms with Crippen molar-refractivity contribution in [3.8, 4) is 5.75 Å². The number of hydrogen-bond acceptors (Lipinski definition) is 4. The topological polar surface area (TPSA) is 93.4 Å². The SMILES string of the molecule is COc1ccc(N)c(NC(=O)c2ccc(CNC(=O)C3CCCC3)cc2)c1. The number of carbonyl (C=O) groups excluding carboxylic acids is 2. The van der Waals surface area contributed by atoms with E-state index < -0.39 is 0 Å². The minimum absolute atomic E-state index is 0.128. The van der Waals surface area contributed by atoms with Crippen LogP contribution in [0.1, 0.15) is 41.6 Å². The molecule has 0 unspecified atom stereocenters. The van der Waals surface area contributed by atoms with Crippen molar-refractivity contribution in [2.24, 2.45) is 5.92 Å². The molecule has 0 bridgehead atoms. The van der Waals surface area contributed by atoms with Crippen molar-refractivity contribution in [1.82, 2.24) is 5.32 Å². The smallest absolute Gasteiger partial charge is 0.255 e. The van der Waals surface area contributed by atoms with Crippen LogP contribution in [-0.4, -0.2) is 18.9 Å². The van der Waals surface area contributed by atoms with Crippen LogP contribution in [0.2, 0.25) is 0 Å². The molecule has 6 heteroatoms. The molecule has 2 aromatic carbocycles. The lowest BCUT2D eigenvalue weighted by molar-refractivity contribution is -0.124. The maximum absolute atomic E-state index is 12.4. The largest absolute Gasteiger partial charge is 0.497 e. The van der Waals surface area contributed by atoms with Gasteiger partial charge in [-0.05, 0) is 42.7 Å². The first kappa shape index (κ1) is 18.8. The Morgan fingerprint density at radius 3 is 2.48 bits per heavy atom. The highest BCUT2D eigenvalue weighted by atomic mass is 16.5. The number of anilines is 2. The number of benzene rings is 2. The van der Waals surface area contributed by atoms with Gasteiger partial charge in [-0.25, -0.2) is 0 Å². The van der Waals surface area contributed by atoms with Gasteiger partial charge in [0, 0.05) is 24.1 Å². The van der Waals surface area contributed by atoms with E-state index in [0.717, 1.165) is 31.2 Å². The highest BCUT2D eigenvalue weighted by Gasteiger charge is 2.22. The molecule has 4 N–H and O–H groups in total. The van der Waals surface area contributed by atoms with Crippen LogP contribution in [0.5, 0.6) is 5.75 Å². The van der Waals surface area contributed by atoms with E-state index in [2.05, 4.69) is 10.6 Å². The maximum atomic E-state index is 12.4. The fraction of sp³-hybridized carbons (Fsp3) is 0.333. The summed E-state index contributed by atoms with van der Waals surface area (Å²) >= 11 is 0. The van der Waals surface area contributed by atoms with Gasteiger partial charge in [-0.2, -0.15) is 0 Å². The molecule has 1 aliphatic rings. The van der Waals surface area contributed by atoms with Gasteiger partial charge in [0.05, 0.1) is 18.5 Å². The monoisotopic (exact) mass is 367 g/mol. The Morgan fingerprint density at radius 2 is 1.81 bits per heavy atom. The van der Waals surface area contributed by atoms with Crippen molar-refractivity contribution < 1.29 is 14.3 Å². The van der Waals surface area contributed by atoms with Gasteiger partial charge in [0.25, 0.3) is 5.91 Å². The molecule has 0 spiro atoms. The molecule has 0 aromatic heterocycles. The normalized spacial score (nSPS) is 14.0. The summed E-state index contributed by atoms with van der Waals surface area (Å²) in [4.78, 5) is 24.5. The summed E-state index contributed by atoms with van der Waals surface area (Å²) in [6, 6.07) is 12.3. The van der Waals surface area contributed by atoms with Crippen molar-refractivity contribution in [3.05, 3.63) is 53.6 Å². The molecule has 2 aromatic rings. The second-order valence-corrected chi connectivity index (χ2v) is 6.80.